The average molecular weight is 220 g/mol. The van der Waals surface area contributed by atoms with Gasteiger partial charge < -0.3 is 15.3 Å². The Morgan fingerprint density at radius 1 is 1.38 bits per heavy atom. The van der Waals surface area contributed by atoms with Crippen LogP contribution in [0.2, 0.25) is 0 Å². The van der Waals surface area contributed by atoms with Crippen molar-refractivity contribution in [3.8, 4) is 0 Å². The van der Waals surface area contributed by atoms with Gasteiger partial charge in [-0.2, -0.15) is 0 Å². The van der Waals surface area contributed by atoms with Gasteiger partial charge in [0.2, 0.25) is 5.91 Å². The smallest absolute Gasteiger partial charge is 0.239 e. The standard InChI is InChI=1S/C12H16N2O2/c15-8-5-10-3-1-2-4-11(10)14-7-6-13-12(16)9-14/h1-4,15H,5-9H2,(H,13,16). The fraction of sp³-hybridized carbons (Fsp3) is 0.417. The number of carbonyl (C=O) groups is 1. The van der Waals surface area contributed by atoms with E-state index in [4.69, 9.17) is 5.11 Å². The molecule has 1 aromatic rings. The highest BCUT2D eigenvalue weighted by atomic mass is 16.3. The summed E-state index contributed by atoms with van der Waals surface area (Å²) in [6, 6.07) is 7.92. The lowest BCUT2D eigenvalue weighted by Crippen LogP contribution is -2.48. The Morgan fingerprint density at radius 2 is 2.19 bits per heavy atom. The largest absolute Gasteiger partial charge is 0.396 e. The molecule has 1 amide bonds. The van der Waals surface area contributed by atoms with Crippen LogP contribution >= 0.6 is 0 Å². The fourth-order valence-electron chi connectivity index (χ4n) is 2.00. The van der Waals surface area contributed by atoms with E-state index in [1.54, 1.807) is 0 Å². The highest BCUT2D eigenvalue weighted by molar-refractivity contribution is 5.83. The van der Waals surface area contributed by atoms with E-state index in [1.807, 2.05) is 24.3 Å². The minimum atomic E-state index is 0.0602. The van der Waals surface area contributed by atoms with Crippen LogP contribution in [0.25, 0.3) is 0 Å². The van der Waals surface area contributed by atoms with E-state index in [0.29, 0.717) is 19.5 Å². The molecular weight excluding hydrogens is 204 g/mol. The fourth-order valence-corrected chi connectivity index (χ4v) is 2.00. The van der Waals surface area contributed by atoms with E-state index in [9.17, 15) is 4.79 Å². The van der Waals surface area contributed by atoms with Crippen LogP contribution in [0.5, 0.6) is 0 Å². The van der Waals surface area contributed by atoms with Gasteiger partial charge in [0.05, 0.1) is 6.54 Å². The molecule has 2 N–H and O–H groups in total. The molecule has 0 saturated carbocycles. The van der Waals surface area contributed by atoms with Crippen molar-refractivity contribution in [2.24, 2.45) is 0 Å². The first-order chi connectivity index (χ1) is 7.81. The molecule has 0 unspecified atom stereocenters. The zero-order chi connectivity index (χ0) is 11.4. The Labute approximate surface area is 94.9 Å². The van der Waals surface area contributed by atoms with Crippen molar-refractivity contribution in [2.75, 3.05) is 31.1 Å². The minimum absolute atomic E-state index is 0.0602. The number of nitrogens with zero attached hydrogens (tertiary/aromatic N) is 1. The normalized spacial score (nSPS) is 16.1. The lowest BCUT2D eigenvalue weighted by Gasteiger charge is -2.30. The number of hydrogen-bond acceptors (Lipinski definition) is 3. The molecule has 1 aromatic carbocycles. The predicted octanol–water partition coefficient (Wildman–Crippen LogP) is 0.158. The number of carbonyl (C=O) groups excluding carboxylic acids is 1. The van der Waals surface area contributed by atoms with Gasteiger partial charge in [-0.3, -0.25) is 4.79 Å². The number of benzene rings is 1. The summed E-state index contributed by atoms with van der Waals surface area (Å²) in [6.45, 7) is 2.06. The van der Waals surface area contributed by atoms with E-state index >= 15 is 0 Å². The number of aliphatic hydroxyl groups is 1. The average Bonchev–Trinajstić information content (AvgIpc) is 2.30. The number of piperazine rings is 1. The van der Waals surface area contributed by atoms with E-state index in [1.165, 1.54) is 0 Å². The molecule has 0 aromatic heterocycles. The first-order valence-electron chi connectivity index (χ1n) is 5.51. The molecule has 4 heteroatoms. The van der Waals surface area contributed by atoms with Gasteiger partial charge in [-0.25, -0.2) is 0 Å². The zero-order valence-electron chi connectivity index (χ0n) is 9.15. The highest BCUT2D eigenvalue weighted by Gasteiger charge is 2.18. The van der Waals surface area contributed by atoms with Crippen LogP contribution in [0.4, 0.5) is 5.69 Å². The monoisotopic (exact) mass is 220 g/mol. The number of rotatable bonds is 3. The number of nitrogens with one attached hydrogen (secondary N) is 1. The summed E-state index contributed by atoms with van der Waals surface area (Å²) in [6.07, 6.45) is 0.633. The topological polar surface area (TPSA) is 52.6 Å². The van der Waals surface area contributed by atoms with Gasteiger partial charge in [0.25, 0.3) is 0 Å². The maximum atomic E-state index is 11.3. The van der Waals surface area contributed by atoms with Gasteiger partial charge in [0, 0.05) is 25.4 Å². The number of hydrogen-bond donors (Lipinski definition) is 2. The van der Waals surface area contributed by atoms with Gasteiger partial charge in [-0.15, -0.1) is 0 Å². The van der Waals surface area contributed by atoms with Crippen molar-refractivity contribution in [1.29, 1.82) is 0 Å². The summed E-state index contributed by atoms with van der Waals surface area (Å²) in [4.78, 5) is 13.4. The van der Waals surface area contributed by atoms with Crippen LogP contribution in [-0.2, 0) is 11.2 Å². The molecule has 16 heavy (non-hydrogen) atoms. The van der Waals surface area contributed by atoms with Crippen LogP contribution < -0.4 is 10.2 Å². The summed E-state index contributed by atoms with van der Waals surface area (Å²) in [5, 5.41) is 11.8. The predicted molar refractivity (Wildman–Crippen MR) is 62.5 cm³/mol. The summed E-state index contributed by atoms with van der Waals surface area (Å²) in [5.74, 6) is 0.0602. The molecule has 1 heterocycles. The van der Waals surface area contributed by atoms with E-state index < -0.39 is 0 Å². The molecule has 4 nitrogen and oxygen atoms in total. The van der Waals surface area contributed by atoms with E-state index in [0.717, 1.165) is 17.8 Å². The molecule has 0 bridgehead atoms. The van der Waals surface area contributed by atoms with Gasteiger partial charge in [-0.1, -0.05) is 18.2 Å². The Balaban J connectivity index is 2.21. The third kappa shape index (κ3) is 2.33. The van der Waals surface area contributed by atoms with Crippen molar-refractivity contribution in [2.45, 2.75) is 6.42 Å². The maximum absolute atomic E-state index is 11.3. The molecule has 0 spiro atoms. The second-order valence-corrected chi connectivity index (χ2v) is 3.87. The van der Waals surface area contributed by atoms with Crippen molar-refractivity contribution in [3.05, 3.63) is 29.8 Å². The number of para-hydroxylation sites is 1. The van der Waals surface area contributed by atoms with Crippen LogP contribution in [0.1, 0.15) is 5.56 Å². The van der Waals surface area contributed by atoms with Crippen LogP contribution in [0.3, 0.4) is 0 Å². The van der Waals surface area contributed by atoms with Crippen molar-refractivity contribution in [3.63, 3.8) is 0 Å². The molecule has 0 aliphatic carbocycles. The van der Waals surface area contributed by atoms with E-state index in [-0.39, 0.29) is 12.5 Å². The zero-order valence-corrected chi connectivity index (χ0v) is 9.15. The molecule has 0 atom stereocenters. The Bertz CT molecular complexity index is 379. The number of anilines is 1. The quantitative estimate of drug-likeness (QED) is 0.763. The first kappa shape index (κ1) is 11.0. The first-order valence-corrected chi connectivity index (χ1v) is 5.51. The molecule has 1 aliphatic heterocycles. The number of aliphatic hydroxyl groups excluding tert-OH is 1. The second kappa shape index (κ2) is 4.99. The van der Waals surface area contributed by atoms with Gasteiger partial charge in [0.15, 0.2) is 0 Å². The summed E-state index contributed by atoms with van der Waals surface area (Å²) in [5.41, 5.74) is 2.16. The Kier molecular flexibility index (Phi) is 3.41. The molecule has 86 valence electrons. The highest BCUT2D eigenvalue weighted by Crippen LogP contribution is 2.21. The Morgan fingerprint density at radius 3 is 2.94 bits per heavy atom. The van der Waals surface area contributed by atoms with Crippen LogP contribution in [0, 0.1) is 0 Å². The van der Waals surface area contributed by atoms with Gasteiger partial charge in [-0.05, 0) is 18.1 Å². The van der Waals surface area contributed by atoms with Crippen molar-refractivity contribution in [1.82, 2.24) is 5.32 Å². The van der Waals surface area contributed by atoms with E-state index in [2.05, 4.69) is 10.2 Å². The molecule has 1 saturated heterocycles. The Hall–Kier alpha value is -1.55. The van der Waals surface area contributed by atoms with Crippen molar-refractivity contribution >= 4 is 11.6 Å². The molecular formula is C12H16N2O2. The molecule has 0 radical (unpaired) electrons. The minimum Gasteiger partial charge on any atom is -0.396 e. The maximum Gasteiger partial charge on any atom is 0.239 e. The third-order valence-corrected chi connectivity index (χ3v) is 2.75. The van der Waals surface area contributed by atoms with Gasteiger partial charge >= 0.3 is 0 Å². The molecule has 1 aliphatic rings. The summed E-state index contributed by atoms with van der Waals surface area (Å²) < 4.78 is 0. The molecule has 2 rings (SSSR count). The third-order valence-electron chi connectivity index (χ3n) is 2.75. The van der Waals surface area contributed by atoms with Crippen molar-refractivity contribution < 1.29 is 9.90 Å². The van der Waals surface area contributed by atoms with Crippen LogP contribution in [-0.4, -0.2) is 37.3 Å². The van der Waals surface area contributed by atoms with Gasteiger partial charge in [0.1, 0.15) is 0 Å². The van der Waals surface area contributed by atoms with Crippen LogP contribution in [0.15, 0.2) is 24.3 Å². The second-order valence-electron chi connectivity index (χ2n) is 3.87. The SMILES string of the molecule is O=C1CN(c2ccccc2CCO)CCN1. The summed E-state index contributed by atoms with van der Waals surface area (Å²) >= 11 is 0. The number of amides is 1. The lowest BCUT2D eigenvalue weighted by molar-refractivity contribution is -0.120. The summed E-state index contributed by atoms with van der Waals surface area (Å²) in [7, 11) is 0. The molecule has 1 fully saturated rings. The lowest BCUT2D eigenvalue weighted by atomic mass is 10.1.